The van der Waals surface area contributed by atoms with E-state index in [-0.39, 0.29) is 44.7 Å². The Balaban J connectivity index is 2.64. The molecule has 0 aromatic heterocycles. The zero-order valence-corrected chi connectivity index (χ0v) is 16.1. The van der Waals surface area contributed by atoms with E-state index in [4.69, 9.17) is 19.3 Å². The standard InChI is InChI=1S/C20H29NO6/c1-3-26-18-8-5-17(6-9-18)7-10-19(23)21(13-15-25-16-14-22)12-11-20(24)27-4-2/h5-10,22H,3-4,11-16H2,1-2H3/b10-7+. The molecule has 1 N–H and O–H groups in total. The summed E-state index contributed by atoms with van der Waals surface area (Å²) in [5.74, 6) is 0.209. The molecule has 0 bridgehead atoms. The minimum absolute atomic E-state index is 0.0750. The summed E-state index contributed by atoms with van der Waals surface area (Å²) in [6.45, 7) is 5.55. The molecule has 0 spiro atoms. The van der Waals surface area contributed by atoms with E-state index in [1.807, 2.05) is 31.2 Å². The molecule has 0 atom stereocenters. The lowest BCUT2D eigenvalue weighted by Gasteiger charge is -2.20. The highest BCUT2D eigenvalue weighted by atomic mass is 16.5. The number of rotatable bonds is 13. The van der Waals surface area contributed by atoms with E-state index >= 15 is 0 Å². The topological polar surface area (TPSA) is 85.3 Å². The Bertz CT molecular complexity index is 585. The van der Waals surface area contributed by atoms with Gasteiger partial charge in [-0.2, -0.15) is 0 Å². The van der Waals surface area contributed by atoms with E-state index in [1.54, 1.807) is 13.0 Å². The molecule has 27 heavy (non-hydrogen) atoms. The fourth-order valence-electron chi connectivity index (χ4n) is 2.25. The third-order valence-corrected chi connectivity index (χ3v) is 3.55. The van der Waals surface area contributed by atoms with E-state index in [0.717, 1.165) is 11.3 Å². The van der Waals surface area contributed by atoms with E-state index in [1.165, 1.54) is 11.0 Å². The summed E-state index contributed by atoms with van der Waals surface area (Å²) < 4.78 is 15.5. The Morgan fingerprint density at radius 3 is 2.44 bits per heavy atom. The van der Waals surface area contributed by atoms with E-state index < -0.39 is 0 Å². The van der Waals surface area contributed by atoms with Crippen molar-refractivity contribution >= 4 is 18.0 Å². The van der Waals surface area contributed by atoms with E-state index in [0.29, 0.717) is 19.8 Å². The van der Waals surface area contributed by atoms with Gasteiger partial charge in [-0.3, -0.25) is 9.59 Å². The van der Waals surface area contributed by atoms with Gasteiger partial charge >= 0.3 is 5.97 Å². The lowest BCUT2D eigenvalue weighted by atomic mass is 10.2. The number of carbonyl (C=O) groups excluding carboxylic acids is 2. The van der Waals surface area contributed by atoms with Gasteiger partial charge in [0.2, 0.25) is 5.91 Å². The Kier molecular flexibility index (Phi) is 11.6. The fourth-order valence-corrected chi connectivity index (χ4v) is 2.25. The Hall–Kier alpha value is -2.38. The van der Waals surface area contributed by atoms with Crippen LogP contribution in [0.15, 0.2) is 30.3 Å². The van der Waals surface area contributed by atoms with Crippen LogP contribution in [0.3, 0.4) is 0 Å². The summed E-state index contributed by atoms with van der Waals surface area (Å²) >= 11 is 0. The van der Waals surface area contributed by atoms with E-state index in [2.05, 4.69) is 0 Å². The van der Waals surface area contributed by atoms with Crippen LogP contribution in [-0.2, 0) is 19.1 Å². The predicted molar refractivity (Wildman–Crippen MR) is 102 cm³/mol. The van der Waals surface area contributed by atoms with Crippen molar-refractivity contribution in [2.75, 3.05) is 46.1 Å². The first kappa shape index (κ1) is 22.7. The van der Waals surface area contributed by atoms with Crippen LogP contribution in [0.4, 0.5) is 0 Å². The molecule has 7 nitrogen and oxygen atoms in total. The molecule has 0 radical (unpaired) electrons. The van der Waals surface area contributed by atoms with Gasteiger partial charge in [-0.1, -0.05) is 12.1 Å². The number of benzene rings is 1. The number of aliphatic hydroxyl groups excluding tert-OH is 1. The molecule has 1 rings (SSSR count). The van der Waals surface area contributed by atoms with Crippen LogP contribution < -0.4 is 4.74 Å². The number of amides is 1. The molecule has 0 aliphatic carbocycles. The van der Waals surface area contributed by atoms with Gasteiger partial charge in [0, 0.05) is 19.2 Å². The second-order valence-corrected chi connectivity index (χ2v) is 5.55. The zero-order chi connectivity index (χ0) is 19.9. The van der Waals surface area contributed by atoms with Crippen LogP contribution in [0.1, 0.15) is 25.8 Å². The normalized spacial score (nSPS) is 10.8. The number of esters is 1. The molecule has 0 aliphatic rings. The summed E-state index contributed by atoms with van der Waals surface area (Å²) in [6.07, 6.45) is 3.30. The smallest absolute Gasteiger partial charge is 0.307 e. The predicted octanol–water partition coefficient (Wildman–Crippen LogP) is 1.89. The quantitative estimate of drug-likeness (QED) is 0.320. The minimum Gasteiger partial charge on any atom is -0.494 e. The zero-order valence-electron chi connectivity index (χ0n) is 16.1. The van der Waals surface area contributed by atoms with Crippen molar-refractivity contribution in [2.45, 2.75) is 20.3 Å². The number of hydrogen-bond acceptors (Lipinski definition) is 6. The SMILES string of the molecule is CCOC(=O)CCN(CCOCCO)C(=O)/C=C/c1ccc(OCC)cc1. The molecule has 0 saturated heterocycles. The molecule has 1 aromatic rings. The molecular formula is C20H29NO6. The van der Waals surface area contributed by atoms with Crippen LogP contribution >= 0.6 is 0 Å². The van der Waals surface area contributed by atoms with Crippen LogP contribution in [0, 0.1) is 0 Å². The first-order chi connectivity index (χ1) is 13.1. The maximum Gasteiger partial charge on any atom is 0.307 e. The fraction of sp³-hybridized carbons (Fsp3) is 0.500. The van der Waals surface area contributed by atoms with Gasteiger partial charge in [-0.15, -0.1) is 0 Å². The lowest BCUT2D eigenvalue weighted by molar-refractivity contribution is -0.143. The molecule has 7 heteroatoms. The minimum atomic E-state index is -0.345. The Morgan fingerprint density at radius 2 is 1.81 bits per heavy atom. The van der Waals surface area contributed by atoms with Crippen LogP contribution in [-0.4, -0.2) is 68.0 Å². The first-order valence-corrected chi connectivity index (χ1v) is 9.14. The summed E-state index contributed by atoms with van der Waals surface area (Å²) in [5.41, 5.74) is 0.869. The lowest BCUT2D eigenvalue weighted by Crippen LogP contribution is -2.35. The van der Waals surface area contributed by atoms with Gasteiger partial charge in [0.05, 0.1) is 39.5 Å². The van der Waals surface area contributed by atoms with Crippen molar-refractivity contribution in [1.82, 2.24) is 4.90 Å². The number of aliphatic hydroxyl groups is 1. The Morgan fingerprint density at radius 1 is 1.07 bits per heavy atom. The highest BCUT2D eigenvalue weighted by Crippen LogP contribution is 2.13. The van der Waals surface area contributed by atoms with Gasteiger partial charge in [0.25, 0.3) is 0 Å². The highest BCUT2D eigenvalue weighted by molar-refractivity contribution is 5.92. The molecule has 1 aromatic carbocycles. The molecule has 0 fully saturated rings. The number of nitrogens with zero attached hydrogens (tertiary/aromatic N) is 1. The van der Waals surface area contributed by atoms with Crippen molar-refractivity contribution in [1.29, 1.82) is 0 Å². The largest absolute Gasteiger partial charge is 0.494 e. The van der Waals surface area contributed by atoms with Gasteiger partial charge in [0.1, 0.15) is 5.75 Å². The monoisotopic (exact) mass is 379 g/mol. The summed E-state index contributed by atoms with van der Waals surface area (Å²) in [6, 6.07) is 7.41. The summed E-state index contributed by atoms with van der Waals surface area (Å²) in [4.78, 5) is 25.6. The van der Waals surface area contributed by atoms with Crippen LogP contribution in [0.2, 0.25) is 0 Å². The molecule has 0 unspecified atom stereocenters. The van der Waals surface area contributed by atoms with Crippen molar-refractivity contribution in [3.05, 3.63) is 35.9 Å². The van der Waals surface area contributed by atoms with Gasteiger partial charge < -0.3 is 24.2 Å². The second kappa shape index (κ2) is 13.8. The summed E-state index contributed by atoms with van der Waals surface area (Å²) in [7, 11) is 0. The maximum absolute atomic E-state index is 12.5. The second-order valence-electron chi connectivity index (χ2n) is 5.55. The van der Waals surface area contributed by atoms with Crippen molar-refractivity contribution in [2.24, 2.45) is 0 Å². The average Bonchev–Trinajstić information content (AvgIpc) is 2.67. The third-order valence-electron chi connectivity index (χ3n) is 3.55. The Labute approximate surface area is 160 Å². The summed E-state index contributed by atoms with van der Waals surface area (Å²) in [5, 5.41) is 8.75. The van der Waals surface area contributed by atoms with Crippen LogP contribution in [0.25, 0.3) is 6.08 Å². The molecule has 1 amide bonds. The highest BCUT2D eigenvalue weighted by Gasteiger charge is 2.13. The van der Waals surface area contributed by atoms with Gasteiger partial charge in [-0.25, -0.2) is 0 Å². The number of hydrogen-bond donors (Lipinski definition) is 1. The maximum atomic E-state index is 12.5. The van der Waals surface area contributed by atoms with Crippen molar-refractivity contribution in [3.63, 3.8) is 0 Å². The average molecular weight is 379 g/mol. The number of ether oxygens (including phenoxy) is 3. The van der Waals surface area contributed by atoms with Gasteiger partial charge in [0.15, 0.2) is 0 Å². The molecular weight excluding hydrogens is 350 g/mol. The van der Waals surface area contributed by atoms with Crippen molar-refractivity contribution < 1.29 is 28.9 Å². The third kappa shape index (κ3) is 9.77. The number of carbonyl (C=O) groups is 2. The first-order valence-electron chi connectivity index (χ1n) is 9.14. The van der Waals surface area contributed by atoms with Crippen LogP contribution in [0.5, 0.6) is 5.75 Å². The molecule has 0 heterocycles. The van der Waals surface area contributed by atoms with Crippen molar-refractivity contribution in [3.8, 4) is 5.75 Å². The van der Waals surface area contributed by atoms with Gasteiger partial charge in [-0.05, 0) is 37.6 Å². The molecule has 0 aliphatic heterocycles. The van der Waals surface area contributed by atoms with E-state index in [9.17, 15) is 9.59 Å². The molecule has 0 saturated carbocycles. The molecule has 150 valence electrons.